The van der Waals surface area contributed by atoms with E-state index in [0.29, 0.717) is 15.7 Å². The van der Waals surface area contributed by atoms with Crippen molar-refractivity contribution in [3.63, 3.8) is 0 Å². The summed E-state index contributed by atoms with van der Waals surface area (Å²) in [6.07, 6.45) is 3.14. The van der Waals surface area contributed by atoms with E-state index in [1.165, 1.54) is 11.8 Å². The number of nitrogen functional groups attached to an aromatic ring is 1. The average molecular weight is 279 g/mol. The molecule has 3 heterocycles. The average Bonchev–Trinajstić information content (AvgIpc) is 2.80. The number of nitrogens with zero attached hydrogens (tertiary/aromatic N) is 4. The summed E-state index contributed by atoms with van der Waals surface area (Å²) in [4.78, 5) is 19.4. The van der Waals surface area contributed by atoms with Gasteiger partial charge in [0.25, 0.3) is 0 Å². The van der Waals surface area contributed by atoms with Gasteiger partial charge in [0.15, 0.2) is 5.65 Å². The molecule has 0 fully saturated rings. The van der Waals surface area contributed by atoms with Gasteiger partial charge in [0.1, 0.15) is 15.6 Å². The third-order valence-electron chi connectivity index (χ3n) is 2.17. The normalized spacial score (nSPS) is 10.9. The molecule has 8 heteroatoms. The fourth-order valence-electron chi connectivity index (χ4n) is 1.42. The minimum absolute atomic E-state index is 0.186. The van der Waals surface area contributed by atoms with Crippen LogP contribution in [0, 0.1) is 0 Å². The number of imidazole rings is 1. The van der Waals surface area contributed by atoms with Gasteiger partial charge in [0.2, 0.25) is 5.95 Å². The topological polar surface area (TPSA) is 93.4 Å². The summed E-state index contributed by atoms with van der Waals surface area (Å²) in [5, 5.41) is 2.05. The Morgan fingerprint density at radius 1 is 1.22 bits per heavy atom. The molecule has 18 heavy (non-hydrogen) atoms. The van der Waals surface area contributed by atoms with Crippen LogP contribution in [0.4, 0.5) is 5.95 Å². The van der Waals surface area contributed by atoms with E-state index < -0.39 is 0 Å². The third-order valence-corrected chi connectivity index (χ3v) is 3.33. The Morgan fingerprint density at radius 3 is 2.89 bits per heavy atom. The number of aromatic nitrogens is 5. The number of hydrogen-bond donors (Lipinski definition) is 2. The number of pyridine rings is 1. The molecule has 0 aliphatic carbocycles. The van der Waals surface area contributed by atoms with E-state index in [4.69, 9.17) is 17.3 Å². The van der Waals surface area contributed by atoms with Crippen molar-refractivity contribution in [1.29, 1.82) is 0 Å². The van der Waals surface area contributed by atoms with E-state index in [0.717, 1.165) is 10.5 Å². The number of nitrogens with one attached hydrogen (secondary N) is 1. The number of halogens is 1. The molecule has 3 aromatic rings. The molecule has 0 bridgehead atoms. The minimum Gasteiger partial charge on any atom is -0.368 e. The first-order valence-electron chi connectivity index (χ1n) is 4.98. The van der Waals surface area contributed by atoms with Crippen LogP contribution in [0.2, 0.25) is 5.02 Å². The zero-order chi connectivity index (χ0) is 12.5. The van der Waals surface area contributed by atoms with Crippen LogP contribution >= 0.6 is 23.4 Å². The van der Waals surface area contributed by atoms with Crippen molar-refractivity contribution < 1.29 is 0 Å². The summed E-state index contributed by atoms with van der Waals surface area (Å²) < 4.78 is 0. The molecule has 6 nitrogen and oxygen atoms in total. The zero-order valence-electron chi connectivity index (χ0n) is 8.96. The largest absolute Gasteiger partial charge is 0.368 e. The highest BCUT2D eigenvalue weighted by atomic mass is 35.5. The van der Waals surface area contributed by atoms with Crippen LogP contribution in [0.1, 0.15) is 0 Å². The lowest BCUT2D eigenvalue weighted by molar-refractivity contribution is 1.08. The zero-order valence-corrected chi connectivity index (χ0v) is 10.5. The Bertz CT molecular complexity index is 695. The van der Waals surface area contributed by atoms with Crippen LogP contribution in [0.3, 0.4) is 0 Å². The highest BCUT2D eigenvalue weighted by Gasteiger charge is 2.10. The molecule has 3 rings (SSSR count). The van der Waals surface area contributed by atoms with E-state index in [1.807, 2.05) is 6.07 Å². The summed E-state index contributed by atoms with van der Waals surface area (Å²) in [7, 11) is 0. The third kappa shape index (κ3) is 2.09. The molecule has 0 spiro atoms. The fraction of sp³-hybridized carbons (Fsp3) is 0. The van der Waals surface area contributed by atoms with E-state index in [9.17, 15) is 0 Å². The van der Waals surface area contributed by atoms with Crippen molar-refractivity contribution in [2.75, 3.05) is 5.73 Å². The van der Waals surface area contributed by atoms with Crippen molar-refractivity contribution in [2.24, 2.45) is 0 Å². The maximum absolute atomic E-state index is 5.78. The Balaban J connectivity index is 2.03. The standard InChI is InChI=1S/C10H7ClN6S/c11-5-1-2-6(13-3-5)18-9-7-8(15-4-14-7)16-10(12)17-9/h1-4H,(H3,12,14,15,16,17). The van der Waals surface area contributed by atoms with Crippen LogP contribution in [0.25, 0.3) is 11.2 Å². The number of aromatic amines is 1. The van der Waals surface area contributed by atoms with Crippen molar-refractivity contribution in [1.82, 2.24) is 24.9 Å². The number of anilines is 1. The second-order valence-corrected chi connectivity index (χ2v) is 4.85. The van der Waals surface area contributed by atoms with Crippen molar-refractivity contribution in [2.45, 2.75) is 10.1 Å². The molecule has 3 aromatic heterocycles. The highest BCUT2D eigenvalue weighted by molar-refractivity contribution is 7.99. The maximum Gasteiger partial charge on any atom is 0.223 e. The fourth-order valence-corrected chi connectivity index (χ4v) is 2.36. The van der Waals surface area contributed by atoms with Gasteiger partial charge >= 0.3 is 0 Å². The molecule has 0 aliphatic heterocycles. The molecule has 90 valence electrons. The van der Waals surface area contributed by atoms with Crippen molar-refractivity contribution >= 4 is 40.5 Å². The molecule has 0 saturated carbocycles. The first-order valence-corrected chi connectivity index (χ1v) is 6.18. The van der Waals surface area contributed by atoms with Gasteiger partial charge in [0.05, 0.1) is 11.3 Å². The number of nitrogens with two attached hydrogens (primary N) is 1. The van der Waals surface area contributed by atoms with Crippen LogP contribution in [0.15, 0.2) is 34.7 Å². The minimum atomic E-state index is 0.186. The molecular weight excluding hydrogens is 272 g/mol. The number of rotatable bonds is 2. The van der Waals surface area contributed by atoms with Gasteiger partial charge in [-0.1, -0.05) is 11.6 Å². The number of H-pyrrole nitrogens is 1. The van der Waals surface area contributed by atoms with Gasteiger partial charge in [0, 0.05) is 6.20 Å². The predicted octanol–water partition coefficient (Wildman–Crippen LogP) is 2.13. The first kappa shape index (κ1) is 11.2. The lowest BCUT2D eigenvalue weighted by Crippen LogP contribution is -1.97. The first-order chi connectivity index (χ1) is 8.72. The second-order valence-electron chi connectivity index (χ2n) is 3.40. The van der Waals surface area contributed by atoms with Crippen LogP contribution < -0.4 is 5.73 Å². The van der Waals surface area contributed by atoms with Gasteiger partial charge in [-0.05, 0) is 23.9 Å². The van der Waals surface area contributed by atoms with Gasteiger partial charge in [-0.15, -0.1) is 0 Å². The molecule has 0 saturated heterocycles. The van der Waals surface area contributed by atoms with Crippen molar-refractivity contribution in [3.8, 4) is 0 Å². The monoisotopic (exact) mass is 278 g/mol. The maximum atomic E-state index is 5.78. The molecule has 0 radical (unpaired) electrons. The van der Waals surface area contributed by atoms with Crippen LogP contribution in [-0.2, 0) is 0 Å². The van der Waals surface area contributed by atoms with Crippen molar-refractivity contribution in [3.05, 3.63) is 29.7 Å². The molecule has 0 amide bonds. The number of hydrogen-bond acceptors (Lipinski definition) is 6. The summed E-state index contributed by atoms with van der Waals surface area (Å²) >= 11 is 7.16. The Hall–Kier alpha value is -1.86. The molecule has 0 atom stereocenters. The van der Waals surface area contributed by atoms with Gasteiger partial charge < -0.3 is 10.7 Å². The molecular formula is C10H7ClN6S. The van der Waals surface area contributed by atoms with E-state index in [1.54, 1.807) is 18.6 Å². The molecule has 0 aliphatic rings. The van der Waals surface area contributed by atoms with Crippen LogP contribution in [-0.4, -0.2) is 24.9 Å². The molecule has 0 unspecified atom stereocenters. The quantitative estimate of drug-likeness (QED) is 0.698. The van der Waals surface area contributed by atoms with Crippen LogP contribution in [0.5, 0.6) is 0 Å². The molecule has 0 aromatic carbocycles. The van der Waals surface area contributed by atoms with E-state index in [2.05, 4.69) is 24.9 Å². The summed E-state index contributed by atoms with van der Waals surface area (Å²) in [6, 6.07) is 3.58. The lowest BCUT2D eigenvalue weighted by atomic mass is 10.5. The lowest BCUT2D eigenvalue weighted by Gasteiger charge is -2.02. The van der Waals surface area contributed by atoms with E-state index in [-0.39, 0.29) is 5.95 Å². The summed E-state index contributed by atoms with van der Waals surface area (Å²) in [6.45, 7) is 0. The van der Waals surface area contributed by atoms with E-state index >= 15 is 0 Å². The Morgan fingerprint density at radius 2 is 2.11 bits per heavy atom. The van der Waals surface area contributed by atoms with Gasteiger partial charge in [-0.3, -0.25) is 0 Å². The smallest absolute Gasteiger partial charge is 0.223 e. The summed E-state index contributed by atoms with van der Waals surface area (Å²) in [5.74, 6) is 0.186. The highest BCUT2D eigenvalue weighted by Crippen LogP contribution is 2.29. The van der Waals surface area contributed by atoms with Gasteiger partial charge in [-0.25, -0.2) is 15.0 Å². The van der Waals surface area contributed by atoms with Gasteiger partial charge in [-0.2, -0.15) is 4.98 Å². The SMILES string of the molecule is Nc1nc(Sc2ccc(Cl)cn2)c2[nH]cnc2n1. The number of fused-ring (bicyclic) bond motifs is 1. The second kappa shape index (κ2) is 4.43. The predicted molar refractivity (Wildman–Crippen MR) is 69.5 cm³/mol. The summed E-state index contributed by atoms with van der Waals surface area (Å²) in [5.41, 5.74) is 6.91. The molecule has 3 N–H and O–H groups in total. The Kier molecular flexibility index (Phi) is 2.77. The Labute approximate surface area is 111 Å².